The Morgan fingerprint density at radius 1 is 1.20 bits per heavy atom. The highest BCUT2D eigenvalue weighted by atomic mass is 35.5. The topological polar surface area (TPSA) is 63.8 Å². The third-order valence-electron chi connectivity index (χ3n) is 2.68. The molecule has 1 N–H and O–H groups in total. The quantitative estimate of drug-likeness (QED) is 0.796. The molecular weight excluding hydrogens is 276 g/mol. The molecule has 0 fully saturated rings. The van der Waals surface area contributed by atoms with Gasteiger partial charge in [0.2, 0.25) is 5.82 Å². The summed E-state index contributed by atoms with van der Waals surface area (Å²) in [4.78, 5) is 8.31. The van der Waals surface area contributed by atoms with Gasteiger partial charge in [0.15, 0.2) is 0 Å². The van der Waals surface area contributed by atoms with Crippen molar-refractivity contribution in [3.8, 4) is 11.4 Å². The summed E-state index contributed by atoms with van der Waals surface area (Å²) in [5.74, 6) is 0.501. The molecule has 0 atom stereocenters. The molecule has 0 bridgehead atoms. The number of nitrogens with one attached hydrogen (secondary N) is 1. The molecule has 6 heteroatoms. The molecule has 0 saturated heterocycles. The Bertz CT molecular complexity index is 699. The standard InChI is InChI=1S/C14H11ClN4O/c15-12-5-1-4-11(7-12)13-18-14(20-19-13)17-9-10-3-2-6-16-8-10/h1-8H,9H2,(H,17,18,19). The van der Waals surface area contributed by atoms with E-state index in [-0.39, 0.29) is 0 Å². The summed E-state index contributed by atoms with van der Waals surface area (Å²) in [7, 11) is 0. The van der Waals surface area contributed by atoms with Gasteiger partial charge >= 0.3 is 6.01 Å². The molecule has 20 heavy (non-hydrogen) atoms. The van der Waals surface area contributed by atoms with Crippen molar-refractivity contribution >= 4 is 17.6 Å². The maximum absolute atomic E-state index is 5.93. The summed E-state index contributed by atoms with van der Waals surface area (Å²) >= 11 is 5.93. The van der Waals surface area contributed by atoms with E-state index in [1.807, 2.05) is 24.3 Å². The van der Waals surface area contributed by atoms with Crippen molar-refractivity contribution in [3.05, 3.63) is 59.4 Å². The number of hydrogen-bond donors (Lipinski definition) is 1. The lowest BCUT2D eigenvalue weighted by atomic mass is 10.2. The maximum Gasteiger partial charge on any atom is 0.322 e. The van der Waals surface area contributed by atoms with Gasteiger partial charge in [0, 0.05) is 29.5 Å². The van der Waals surface area contributed by atoms with E-state index >= 15 is 0 Å². The van der Waals surface area contributed by atoms with Gasteiger partial charge in [0.25, 0.3) is 0 Å². The molecule has 0 amide bonds. The zero-order chi connectivity index (χ0) is 13.8. The van der Waals surface area contributed by atoms with Gasteiger partial charge in [0.05, 0.1) is 0 Å². The number of pyridine rings is 1. The Hall–Kier alpha value is -2.40. The van der Waals surface area contributed by atoms with Gasteiger partial charge in [-0.2, -0.15) is 4.98 Å². The van der Waals surface area contributed by atoms with Gasteiger partial charge in [-0.3, -0.25) is 4.98 Å². The van der Waals surface area contributed by atoms with Crippen LogP contribution >= 0.6 is 11.6 Å². The second-order valence-corrected chi connectivity index (χ2v) is 4.58. The summed E-state index contributed by atoms with van der Waals surface area (Å²) in [6.45, 7) is 0.574. The van der Waals surface area contributed by atoms with Crippen LogP contribution in [0.2, 0.25) is 5.02 Å². The van der Waals surface area contributed by atoms with E-state index in [1.54, 1.807) is 24.5 Å². The molecule has 0 radical (unpaired) electrons. The first kappa shape index (κ1) is 12.6. The molecule has 0 unspecified atom stereocenters. The van der Waals surface area contributed by atoms with Crippen LogP contribution in [-0.4, -0.2) is 15.1 Å². The molecule has 5 nitrogen and oxygen atoms in total. The van der Waals surface area contributed by atoms with Crippen LogP contribution in [0.25, 0.3) is 11.4 Å². The van der Waals surface area contributed by atoms with Crippen LogP contribution in [0.5, 0.6) is 0 Å². The van der Waals surface area contributed by atoms with E-state index in [4.69, 9.17) is 16.1 Å². The summed E-state index contributed by atoms with van der Waals surface area (Å²) in [5.41, 5.74) is 1.85. The molecule has 0 aliphatic heterocycles. The Balaban J connectivity index is 1.71. The minimum Gasteiger partial charge on any atom is -0.334 e. The van der Waals surface area contributed by atoms with Crippen LogP contribution in [0.15, 0.2) is 53.3 Å². The first-order valence-corrected chi connectivity index (χ1v) is 6.41. The number of halogens is 1. The second-order valence-electron chi connectivity index (χ2n) is 4.15. The van der Waals surface area contributed by atoms with Crippen molar-refractivity contribution < 1.29 is 4.52 Å². The van der Waals surface area contributed by atoms with Crippen molar-refractivity contribution in [1.29, 1.82) is 0 Å². The van der Waals surface area contributed by atoms with Crippen molar-refractivity contribution in [2.75, 3.05) is 5.32 Å². The molecule has 1 aromatic carbocycles. The normalized spacial score (nSPS) is 10.4. The van der Waals surface area contributed by atoms with Gasteiger partial charge in [-0.1, -0.05) is 35.0 Å². The third-order valence-corrected chi connectivity index (χ3v) is 2.91. The van der Waals surface area contributed by atoms with Crippen molar-refractivity contribution in [2.24, 2.45) is 0 Å². The molecule has 2 aromatic heterocycles. The number of anilines is 1. The maximum atomic E-state index is 5.93. The van der Waals surface area contributed by atoms with Crippen LogP contribution in [-0.2, 0) is 6.54 Å². The molecule has 100 valence electrons. The van der Waals surface area contributed by atoms with Crippen LogP contribution in [0.4, 0.5) is 6.01 Å². The van der Waals surface area contributed by atoms with Crippen LogP contribution in [0.3, 0.4) is 0 Å². The zero-order valence-electron chi connectivity index (χ0n) is 10.5. The van der Waals surface area contributed by atoms with Gasteiger partial charge < -0.3 is 9.84 Å². The average molecular weight is 287 g/mol. The van der Waals surface area contributed by atoms with Crippen LogP contribution in [0.1, 0.15) is 5.56 Å². The van der Waals surface area contributed by atoms with E-state index in [9.17, 15) is 0 Å². The highest BCUT2D eigenvalue weighted by Gasteiger charge is 2.08. The molecule has 0 saturated carbocycles. The molecule has 0 aliphatic carbocycles. The monoisotopic (exact) mass is 286 g/mol. The van der Waals surface area contributed by atoms with Gasteiger partial charge in [0.1, 0.15) is 0 Å². The number of aromatic nitrogens is 3. The van der Waals surface area contributed by atoms with E-state index in [0.29, 0.717) is 23.4 Å². The summed E-state index contributed by atoms with van der Waals surface area (Å²) < 4.78 is 5.14. The number of nitrogens with zero attached hydrogens (tertiary/aromatic N) is 3. The summed E-state index contributed by atoms with van der Waals surface area (Å²) in [6, 6.07) is 11.5. The molecule has 0 aliphatic rings. The fourth-order valence-electron chi connectivity index (χ4n) is 1.72. The predicted molar refractivity (Wildman–Crippen MR) is 76.3 cm³/mol. The third kappa shape index (κ3) is 2.95. The van der Waals surface area contributed by atoms with E-state index < -0.39 is 0 Å². The van der Waals surface area contributed by atoms with Gasteiger partial charge in [-0.05, 0) is 23.8 Å². The zero-order valence-corrected chi connectivity index (χ0v) is 11.2. The highest BCUT2D eigenvalue weighted by Crippen LogP contribution is 2.21. The minimum atomic E-state index is 0.365. The summed E-state index contributed by atoms with van der Waals surface area (Å²) in [5, 5.41) is 7.61. The second kappa shape index (κ2) is 5.71. The largest absolute Gasteiger partial charge is 0.334 e. The lowest BCUT2D eigenvalue weighted by Crippen LogP contribution is -1.99. The highest BCUT2D eigenvalue weighted by molar-refractivity contribution is 6.30. The minimum absolute atomic E-state index is 0.365. The van der Waals surface area contributed by atoms with E-state index in [2.05, 4.69) is 20.4 Å². The SMILES string of the molecule is Clc1cccc(-c2noc(NCc3cccnc3)n2)c1. The van der Waals surface area contributed by atoms with Crippen molar-refractivity contribution in [1.82, 2.24) is 15.1 Å². The summed E-state index contributed by atoms with van der Waals surface area (Å²) in [6.07, 6.45) is 3.51. The molecule has 3 aromatic rings. The average Bonchev–Trinajstić information content (AvgIpc) is 2.95. The number of rotatable bonds is 4. The van der Waals surface area contributed by atoms with E-state index in [1.165, 1.54) is 0 Å². The van der Waals surface area contributed by atoms with Gasteiger partial charge in [-0.15, -0.1) is 0 Å². The first-order chi connectivity index (χ1) is 9.81. The number of hydrogen-bond acceptors (Lipinski definition) is 5. The Morgan fingerprint density at radius 3 is 2.95 bits per heavy atom. The van der Waals surface area contributed by atoms with Crippen molar-refractivity contribution in [2.45, 2.75) is 6.54 Å². The molecular formula is C14H11ClN4O. The molecule has 0 spiro atoms. The van der Waals surface area contributed by atoms with Crippen molar-refractivity contribution in [3.63, 3.8) is 0 Å². The number of benzene rings is 1. The van der Waals surface area contributed by atoms with E-state index in [0.717, 1.165) is 11.1 Å². The Labute approximate surface area is 120 Å². The Morgan fingerprint density at radius 2 is 2.15 bits per heavy atom. The fourth-order valence-corrected chi connectivity index (χ4v) is 1.91. The lowest BCUT2D eigenvalue weighted by Gasteiger charge is -1.99. The lowest BCUT2D eigenvalue weighted by molar-refractivity contribution is 0.432. The van der Waals surface area contributed by atoms with Gasteiger partial charge in [-0.25, -0.2) is 0 Å². The smallest absolute Gasteiger partial charge is 0.322 e. The van der Waals surface area contributed by atoms with Crippen LogP contribution in [0, 0.1) is 0 Å². The Kier molecular flexibility index (Phi) is 3.60. The molecule has 2 heterocycles. The first-order valence-electron chi connectivity index (χ1n) is 6.04. The van der Waals surface area contributed by atoms with Crippen LogP contribution < -0.4 is 5.32 Å². The molecule has 3 rings (SSSR count). The fraction of sp³-hybridized carbons (Fsp3) is 0.0714. The predicted octanol–water partition coefficient (Wildman–Crippen LogP) is 3.40.